The van der Waals surface area contributed by atoms with Crippen molar-refractivity contribution in [1.29, 1.82) is 0 Å². The molecule has 2 rings (SSSR count). The van der Waals surface area contributed by atoms with Crippen LogP contribution in [0.4, 0.5) is 4.39 Å². The van der Waals surface area contributed by atoms with Crippen LogP contribution in [0.5, 0.6) is 5.75 Å². The lowest BCUT2D eigenvalue weighted by atomic mass is 10.1. The third-order valence-electron chi connectivity index (χ3n) is 2.97. The average molecular weight is 289 g/mol. The first-order chi connectivity index (χ1) is 10.1. The molecular formula is C16H16FNO3. The topological polar surface area (TPSA) is 72.6 Å². The Labute approximate surface area is 122 Å². The maximum atomic E-state index is 13.7. The Bertz CT molecular complexity index is 616. The number of hydrogen-bond acceptors (Lipinski definition) is 3. The minimum atomic E-state index is -1.07. The van der Waals surface area contributed by atoms with Crippen molar-refractivity contribution in [3.63, 3.8) is 0 Å². The first-order valence-corrected chi connectivity index (χ1v) is 6.49. The van der Waals surface area contributed by atoms with Gasteiger partial charge >= 0.3 is 0 Å². The van der Waals surface area contributed by atoms with E-state index in [1.165, 1.54) is 18.2 Å². The van der Waals surface area contributed by atoms with Gasteiger partial charge in [-0.2, -0.15) is 0 Å². The SMILES string of the molecule is NC(=O)CC(O)c1ccc(F)c(OCc2ccccc2)c1. The highest BCUT2D eigenvalue weighted by molar-refractivity contribution is 5.74. The van der Waals surface area contributed by atoms with Gasteiger partial charge in [-0.25, -0.2) is 4.39 Å². The highest BCUT2D eigenvalue weighted by atomic mass is 19.1. The molecule has 110 valence electrons. The Kier molecular flexibility index (Phi) is 4.90. The molecule has 1 amide bonds. The fourth-order valence-electron chi connectivity index (χ4n) is 1.88. The van der Waals surface area contributed by atoms with E-state index >= 15 is 0 Å². The van der Waals surface area contributed by atoms with Gasteiger partial charge in [-0.15, -0.1) is 0 Å². The van der Waals surface area contributed by atoms with E-state index in [0.29, 0.717) is 5.56 Å². The summed E-state index contributed by atoms with van der Waals surface area (Å²) in [7, 11) is 0. The van der Waals surface area contributed by atoms with Crippen molar-refractivity contribution >= 4 is 5.91 Å². The first kappa shape index (κ1) is 15.0. The van der Waals surface area contributed by atoms with Crippen molar-refractivity contribution in [2.45, 2.75) is 19.1 Å². The van der Waals surface area contributed by atoms with Crippen LogP contribution in [0.3, 0.4) is 0 Å². The summed E-state index contributed by atoms with van der Waals surface area (Å²) >= 11 is 0. The number of primary amides is 1. The van der Waals surface area contributed by atoms with Gasteiger partial charge in [-0.1, -0.05) is 36.4 Å². The predicted octanol–water partition coefficient (Wildman–Crippen LogP) is 2.31. The number of benzene rings is 2. The number of halogens is 1. The van der Waals surface area contributed by atoms with Crippen LogP contribution in [0.1, 0.15) is 23.7 Å². The smallest absolute Gasteiger partial charge is 0.220 e. The molecule has 4 nitrogen and oxygen atoms in total. The zero-order valence-electron chi connectivity index (χ0n) is 11.3. The lowest BCUT2D eigenvalue weighted by Crippen LogP contribution is -2.15. The molecule has 0 aliphatic rings. The number of amides is 1. The van der Waals surface area contributed by atoms with E-state index in [-0.39, 0.29) is 18.8 Å². The zero-order chi connectivity index (χ0) is 15.2. The molecule has 0 heterocycles. The molecule has 0 bridgehead atoms. The van der Waals surface area contributed by atoms with Crippen LogP contribution in [0.15, 0.2) is 48.5 Å². The Balaban J connectivity index is 2.10. The molecule has 0 aromatic heterocycles. The summed E-state index contributed by atoms with van der Waals surface area (Å²) in [6.45, 7) is 0.215. The van der Waals surface area contributed by atoms with Gasteiger partial charge in [0.2, 0.25) is 5.91 Å². The van der Waals surface area contributed by atoms with Crippen molar-refractivity contribution in [3.8, 4) is 5.75 Å². The molecule has 0 spiro atoms. The van der Waals surface area contributed by atoms with Crippen molar-refractivity contribution in [3.05, 3.63) is 65.5 Å². The molecule has 2 aromatic rings. The fourth-order valence-corrected chi connectivity index (χ4v) is 1.88. The molecule has 2 aromatic carbocycles. The summed E-state index contributed by atoms with van der Waals surface area (Å²) in [6, 6.07) is 13.3. The van der Waals surface area contributed by atoms with E-state index in [1.807, 2.05) is 30.3 Å². The summed E-state index contributed by atoms with van der Waals surface area (Å²) in [5, 5.41) is 9.81. The minimum Gasteiger partial charge on any atom is -0.486 e. The van der Waals surface area contributed by atoms with Crippen LogP contribution in [-0.2, 0) is 11.4 Å². The number of nitrogens with two attached hydrogens (primary N) is 1. The molecule has 21 heavy (non-hydrogen) atoms. The number of carbonyl (C=O) groups is 1. The van der Waals surface area contributed by atoms with Gasteiger partial charge in [-0.05, 0) is 23.3 Å². The second-order valence-corrected chi connectivity index (χ2v) is 4.65. The second kappa shape index (κ2) is 6.85. The van der Waals surface area contributed by atoms with Gasteiger partial charge in [0.15, 0.2) is 11.6 Å². The Morgan fingerprint density at radius 2 is 1.95 bits per heavy atom. The molecule has 0 saturated heterocycles. The van der Waals surface area contributed by atoms with Gasteiger partial charge in [0, 0.05) is 0 Å². The van der Waals surface area contributed by atoms with Crippen molar-refractivity contribution in [1.82, 2.24) is 0 Å². The van der Waals surface area contributed by atoms with Crippen LogP contribution in [0.2, 0.25) is 0 Å². The highest BCUT2D eigenvalue weighted by Gasteiger charge is 2.14. The lowest BCUT2D eigenvalue weighted by Gasteiger charge is -2.12. The maximum absolute atomic E-state index is 13.7. The van der Waals surface area contributed by atoms with Gasteiger partial charge in [-0.3, -0.25) is 4.79 Å². The normalized spacial score (nSPS) is 11.9. The standard InChI is InChI=1S/C16H16FNO3/c17-13-7-6-12(14(19)9-16(18)20)8-15(13)21-10-11-4-2-1-3-5-11/h1-8,14,19H,9-10H2,(H2,18,20). The van der Waals surface area contributed by atoms with E-state index in [9.17, 15) is 14.3 Å². The van der Waals surface area contributed by atoms with E-state index < -0.39 is 17.8 Å². The summed E-state index contributed by atoms with van der Waals surface area (Å²) < 4.78 is 19.1. The van der Waals surface area contributed by atoms with E-state index in [0.717, 1.165) is 5.56 Å². The number of rotatable bonds is 6. The van der Waals surface area contributed by atoms with Crippen molar-refractivity contribution < 1.29 is 19.0 Å². The van der Waals surface area contributed by atoms with E-state index in [1.54, 1.807) is 0 Å². The van der Waals surface area contributed by atoms with Crippen LogP contribution < -0.4 is 10.5 Å². The number of aliphatic hydroxyl groups is 1. The van der Waals surface area contributed by atoms with E-state index in [2.05, 4.69) is 0 Å². The molecule has 0 saturated carbocycles. The monoisotopic (exact) mass is 289 g/mol. The van der Waals surface area contributed by atoms with Gasteiger partial charge in [0.1, 0.15) is 6.61 Å². The third-order valence-corrected chi connectivity index (χ3v) is 2.97. The third kappa shape index (κ3) is 4.29. The lowest BCUT2D eigenvalue weighted by molar-refractivity contribution is -0.119. The number of carbonyl (C=O) groups excluding carboxylic acids is 1. The molecule has 0 radical (unpaired) electrons. The molecule has 0 fully saturated rings. The van der Waals surface area contributed by atoms with Gasteiger partial charge in [0.05, 0.1) is 12.5 Å². The summed E-state index contributed by atoms with van der Waals surface area (Å²) in [4.78, 5) is 10.8. The van der Waals surface area contributed by atoms with Crippen LogP contribution in [0, 0.1) is 5.82 Å². The molecular weight excluding hydrogens is 273 g/mol. The van der Waals surface area contributed by atoms with Gasteiger partial charge < -0.3 is 15.6 Å². The predicted molar refractivity (Wildman–Crippen MR) is 75.9 cm³/mol. The molecule has 3 N–H and O–H groups in total. The second-order valence-electron chi connectivity index (χ2n) is 4.65. The highest BCUT2D eigenvalue weighted by Crippen LogP contribution is 2.25. The molecule has 1 atom stereocenters. The quantitative estimate of drug-likeness (QED) is 0.857. The van der Waals surface area contributed by atoms with Crippen molar-refractivity contribution in [2.24, 2.45) is 5.73 Å². The van der Waals surface area contributed by atoms with Crippen LogP contribution in [0.25, 0.3) is 0 Å². The Morgan fingerprint density at radius 1 is 1.24 bits per heavy atom. The Hall–Kier alpha value is -2.40. The molecule has 1 unspecified atom stereocenters. The maximum Gasteiger partial charge on any atom is 0.220 e. The molecule has 0 aliphatic heterocycles. The summed E-state index contributed by atoms with van der Waals surface area (Å²) in [5.74, 6) is -1.13. The van der Waals surface area contributed by atoms with Crippen LogP contribution >= 0.6 is 0 Å². The summed E-state index contributed by atoms with van der Waals surface area (Å²) in [6.07, 6.45) is -1.29. The largest absolute Gasteiger partial charge is 0.486 e. The van der Waals surface area contributed by atoms with Crippen LogP contribution in [-0.4, -0.2) is 11.0 Å². The zero-order valence-corrected chi connectivity index (χ0v) is 11.3. The average Bonchev–Trinajstić information content (AvgIpc) is 2.46. The number of hydrogen-bond donors (Lipinski definition) is 2. The van der Waals surface area contributed by atoms with Gasteiger partial charge in [0.25, 0.3) is 0 Å². The van der Waals surface area contributed by atoms with Crippen molar-refractivity contribution in [2.75, 3.05) is 0 Å². The summed E-state index contributed by atoms with van der Waals surface area (Å²) in [5.41, 5.74) is 6.32. The first-order valence-electron chi connectivity index (χ1n) is 6.49. The number of ether oxygens (including phenoxy) is 1. The molecule has 5 heteroatoms. The van der Waals surface area contributed by atoms with E-state index in [4.69, 9.17) is 10.5 Å². The Morgan fingerprint density at radius 3 is 2.62 bits per heavy atom. The molecule has 0 aliphatic carbocycles. The fraction of sp³-hybridized carbons (Fsp3) is 0.188. The number of aliphatic hydroxyl groups excluding tert-OH is 1. The minimum absolute atomic E-state index is 0.0277.